The van der Waals surface area contributed by atoms with Crippen LogP contribution in [-0.4, -0.2) is 23.1 Å². The van der Waals surface area contributed by atoms with Crippen molar-refractivity contribution >= 4 is 51.8 Å². The van der Waals surface area contributed by atoms with Crippen LogP contribution in [-0.2, 0) is 16.0 Å². The molecule has 1 heterocycles. The minimum Gasteiger partial charge on any atom is -0.325 e. The zero-order valence-corrected chi connectivity index (χ0v) is 16.8. The molecule has 0 aliphatic rings. The van der Waals surface area contributed by atoms with Crippen LogP contribution < -0.4 is 10.6 Å². The Balaban J connectivity index is 1.54. The van der Waals surface area contributed by atoms with Gasteiger partial charge in [0.1, 0.15) is 0 Å². The summed E-state index contributed by atoms with van der Waals surface area (Å²) in [7, 11) is 0. The summed E-state index contributed by atoms with van der Waals surface area (Å²) in [5.41, 5.74) is 2.35. The highest BCUT2D eigenvalue weighted by molar-refractivity contribution is 7.98. The first-order chi connectivity index (χ1) is 13.6. The van der Waals surface area contributed by atoms with E-state index in [0.29, 0.717) is 10.8 Å². The first kappa shape index (κ1) is 19.9. The van der Waals surface area contributed by atoms with Crippen molar-refractivity contribution in [3.63, 3.8) is 0 Å². The van der Waals surface area contributed by atoms with Crippen LogP contribution in [0.4, 0.5) is 10.8 Å². The van der Waals surface area contributed by atoms with Gasteiger partial charge in [-0.2, -0.15) is 0 Å². The molecule has 0 spiro atoms. The minimum absolute atomic E-state index is 0.145. The van der Waals surface area contributed by atoms with Crippen LogP contribution in [0.25, 0.3) is 6.08 Å². The number of thiazole rings is 1. The van der Waals surface area contributed by atoms with Gasteiger partial charge in [0.25, 0.3) is 0 Å². The minimum atomic E-state index is -0.261. The second-order valence-electron chi connectivity index (χ2n) is 5.80. The third-order valence-electron chi connectivity index (χ3n) is 3.73. The Morgan fingerprint density at radius 3 is 2.61 bits per heavy atom. The number of nitrogens with one attached hydrogen (secondary N) is 2. The smallest absolute Gasteiger partial charge is 0.250 e. The number of carbonyl (C=O) groups excluding carboxylic acids is 2. The van der Waals surface area contributed by atoms with Crippen LogP contribution >= 0.6 is 23.1 Å². The van der Waals surface area contributed by atoms with E-state index in [-0.39, 0.29) is 18.2 Å². The number of benzene rings is 2. The third kappa shape index (κ3) is 5.80. The topological polar surface area (TPSA) is 71.1 Å². The zero-order chi connectivity index (χ0) is 19.8. The number of hydrogen-bond acceptors (Lipinski definition) is 5. The fraction of sp³-hybridized carbons (Fsp3) is 0.0952. The second-order valence-corrected chi connectivity index (χ2v) is 7.51. The van der Waals surface area contributed by atoms with Crippen molar-refractivity contribution in [2.75, 3.05) is 16.9 Å². The van der Waals surface area contributed by atoms with Gasteiger partial charge in [-0.15, -0.1) is 23.1 Å². The van der Waals surface area contributed by atoms with Crippen molar-refractivity contribution in [2.45, 2.75) is 11.3 Å². The average molecular weight is 410 g/mol. The molecular weight excluding hydrogens is 390 g/mol. The van der Waals surface area contributed by atoms with Gasteiger partial charge in [-0.25, -0.2) is 4.98 Å². The highest BCUT2D eigenvalue weighted by Crippen LogP contribution is 2.25. The lowest BCUT2D eigenvalue weighted by molar-refractivity contribution is -0.115. The molecule has 0 fully saturated rings. The Morgan fingerprint density at radius 1 is 1.07 bits per heavy atom. The molecule has 2 N–H and O–H groups in total. The van der Waals surface area contributed by atoms with E-state index >= 15 is 0 Å². The maximum absolute atomic E-state index is 12.3. The number of para-hydroxylation sites is 1. The number of aromatic nitrogens is 1. The molecule has 0 saturated carbocycles. The Labute approximate surface area is 171 Å². The molecule has 5 nitrogen and oxygen atoms in total. The molecule has 0 aliphatic heterocycles. The molecule has 7 heteroatoms. The van der Waals surface area contributed by atoms with Crippen molar-refractivity contribution in [3.8, 4) is 0 Å². The Morgan fingerprint density at radius 2 is 1.82 bits per heavy atom. The lowest BCUT2D eigenvalue weighted by Gasteiger charge is -2.08. The number of amides is 2. The number of anilines is 2. The molecule has 3 rings (SSSR count). The van der Waals surface area contributed by atoms with Crippen molar-refractivity contribution in [1.29, 1.82) is 0 Å². The monoisotopic (exact) mass is 409 g/mol. The fourth-order valence-electron chi connectivity index (χ4n) is 2.44. The Hall–Kier alpha value is -2.90. The first-order valence-corrected chi connectivity index (χ1v) is 10.7. The van der Waals surface area contributed by atoms with Crippen LogP contribution in [0.15, 0.2) is 70.9 Å². The standard InChI is InChI=1S/C21H19N3O2S2/c1-27-18-10-6-5-9-17(18)23-20(26)13-16-14-28-21(22-16)24-19(25)12-11-15-7-3-2-4-8-15/h2-12,14H,13H2,1H3,(H,23,26)(H,22,24,25)/b12-11+. The van der Waals surface area contributed by atoms with Gasteiger partial charge >= 0.3 is 0 Å². The summed E-state index contributed by atoms with van der Waals surface area (Å²) >= 11 is 2.87. The second kappa shape index (κ2) is 9.87. The van der Waals surface area contributed by atoms with E-state index < -0.39 is 0 Å². The van der Waals surface area contributed by atoms with E-state index in [1.54, 1.807) is 23.2 Å². The van der Waals surface area contributed by atoms with Gasteiger partial charge in [-0.3, -0.25) is 14.9 Å². The number of hydrogen-bond donors (Lipinski definition) is 2. The van der Waals surface area contributed by atoms with Gasteiger partial charge in [0.15, 0.2) is 5.13 Å². The molecule has 0 saturated heterocycles. The van der Waals surface area contributed by atoms with Crippen molar-refractivity contribution in [2.24, 2.45) is 0 Å². The molecule has 1 aromatic heterocycles. The molecule has 0 atom stereocenters. The zero-order valence-electron chi connectivity index (χ0n) is 15.2. The van der Waals surface area contributed by atoms with E-state index in [1.165, 1.54) is 17.4 Å². The van der Waals surface area contributed by atoms with Gasteiger partial charge in [-0.05, 0) is 30.0 Å². The van der Waals surface area contributed by atoms with Gasteiger partial charge in [0, 0.05) is 16.4 Å². The summed E-state index contributed by atoms with van der Waals surface area (Å²) in [5, 5.41) is 7.87. The molecular formula is C21H19N3O2S2. The molecule has 0 unspecified atom stereocenters. The predicted octanol–water partition coefficient (Wildman–Crippen LogP) is 4.70. The highest BCUT2D eigenvalue weighted by atomic mass is 32.2. The third-order valence-corrected chi connectivity index (χ3v) is 5.33. The SMILES string of the molecule is CSc1ccccc1NC(=O)Cc1csc(NC(=O)/C=C/c2ccccc2)n1. The average Bonchev–Trinajstić information content (AvgIpc) is 3.14. The van der Waals surface area contributed by atoms with Crippen LogP contribution in [0.3, 0.4) is 0 Å². The molecule has 28 heavy (non-hydrogen) atoms. The number of carbonyl (C=O) groups is 2. The van der Waals surface area contributed by atoms with E-state index in [9.17, 15) is 9.59 Å². The molecule has 0 bridgehead atoms. The molecule has 142 valence electrons. The quantitative estimate of drug-likeness (QED) is 0.438. The number of thioether (sulfide) groups is 1. The van der Waals surface area contributed by atoms with Crippen LogP contribution in [0, 0.1) is 0 Å². The van der Waals surface area contributed by atoms with Crippen molar-refractivity contribution in [1.82, 2.24) is 4.98 Å². The van der Waals surface area contributed by atoms with Gasteiger partial charge in [-0.1, -0.05) is 42.5 Å². The molecule has 0 radical (unpaired) electrons. The van der Waals surface area contributed by atoms with Gasteiger partial charge in [0.05, 0.1) is 17.8 Å². The number of nitrogens with zero attached hydrogens (tertiary/aromatic N) is 1. The van der Waals surface area contributed by atoms with Crippen molar-refractivity contribution in [3.05, 3.63) is 77.3 Å². The number of rotatable bonds is 7. The Bertz CT molecular complexity index is 984. The first-order valence-electron chi connectivity index (χ1n) is 8.55. The summed E-state index contributed by atoms with van der Waals surface area (Å²) < 4.78 is 0. The fourth-order valence-corrected chi connectivity index (χ4v) is 3.70. The van der Waals surface area contributed by atoms with Crippen molar-refractivity contribution < 1.29 is 9.59 Å². The summed E-state index contributed by atoms with van der Waals surface area (Å²) in [4.78, 5) is 29.6. The highest BCUT2D eigenvalue weighted by Gasteiger charge is 2.11. The summed E-state index contributed by atoms with van der Waals surface area (Å²) in [6.45, 7) is 0. The molecule has 2 amide bonds. The maximum atomic E-state index is 12.3. The molecule has 3 aromatic rings. The largest absolute Gasteiger partial charge is 0.325 e. The lowest BCUT2D eigenvalue weighted by Crippen LogP contribution is -2.15. The predicted molar refractivity (Wildman–Crippen MR) is 117 cm³/mol. The summed E-state index contributed by atoms with van der Waals surface area (Å²) in [6.07, 6.45) is 5.31. The van der Waals surface area contributed by atoms with E-state index in [0.717, 1.165) is 16.1 Å². The lowest BCUT2D eigenvalue weighted by atomic mass is 10.2. The van der Waals surface area contributed by atoms with E-state index in [4.69, 9.17) is 0 Å². The van der Waals surface area contributed by atoms with E-state index in [2.05, 4.69) is 15.6 Å². The molecule has 0 aliphatic carbocycles. The van der Waals surface area contributed by atoms with Gasteiger partial charge in [0.2, 0.25) is 11.8 Å². The summed E-state index contributed by atoms with van der Waals surface area (Å²) in [6, 6.07) is 17.2. The van der Waals surface area contributed by atoms with Gasteiger partial charge < -0.3 is 5.32 Å². The van der Waals surface area contributed by atoms with Crippen LogP contribution in [0.5, 0.6) is 0 Å². The van der Waals surface area contributed by atoms with Crippen LogP contribution in [0.1, 0.15) is 11.3 Å². The van der Waals surface area contributed by atoms with Crippen LogP contribution in [0.2, 0.25) is 0 Å². The van der Waals surface area contributed by atoms with E-state index in [1.807, 2.05) is 60.9 Å². The molecule has 2 aromatic carbocycles. The maximum Gasteiger partial charge on any atom is 0.250 e. The summed E-state index contributed by atoms with van der Waals surface area (Å²) in [5.74, 6) is -0.406. The Kier molecular flexibility index (Phi) is 7.00. The normalized spacial score (nSPS) is 10.8.